The van der Waals surface area contributed by atoms with Crippen molar-refractivity contribution < 1.29 is 0 Å². The number of nitrogens with one attached hydrogen (secondary N) is 1. The standard InChI is InChI=1S/C15H15ClIN/c1-10-4-3-5-11(2)13(10)9-18-15-7-6-12(16)8-14(15)17/h3-8,18H,9H2,1-2H3. The van der Waals surface area contributed by atoms with E-state index in [4.69, 9.17) is 11.6 Å². The predicted molar refractivity (Wildman–Crippen MR) is 87.4 cm³/mol. The van der Waals surface area contributed by atoms with Crippen LogP contribution in [0.25, 0.3) is 0 Å². The molecule has 2 rings (SSSR count). The van der Waals surface area contributed by atoms with Crippen molar-refractivity contribution in [2.45, 2.75) is 20.4 Å². The summed E-state index contributed by atoms with van der Waals surface area (Å²) in [7, 11) is 0. The second kappa shape index (κ2) is 5.93. The first-order valence-corrected chi connectivity index (χ1v) is 7.27. The van der Waals surface area contributed by atoms with Gasteiger partial charge in [0.15, 0.2) is 0 Å². The molecule has 0 amide bonds. The summed E-state index contributed by atoms with van der Waals surface area (Å²) in [5.41, 5.74) is 5.14. The zero-order chi connectivity index (χ0) is 13.1. The minimum absolute atomic E-state index is 0.775. The molecule has 0 saturated heterocycles. The monoisotopic (exact) mass is 371 g/mol. The summed E-state index contributed by atoms with van der Waals surface area (Å²) in [6.45, 7) is 5.14. The Hall–Kier alpha value is -0.740. The molecule has 0 aliphatic carbocycles. The Kier molecular flexibility index (Phi) is 4.51. The van der Waals surface area contributed by atoms with E-state index in [1.165, 1.54) is 16.7 Å². The average molecular weight is 372 g/mol. The van der Waals surface area contributed by atoms with Gasteiger partial charge in [-0.05, 0) is 71.3 Å². The summed E-state index contributed by atoms with van der Waals surface area (Å²) in [5, 5.41) is 4.25. The number of aryl methyl sites for hydroxylation is 2. The highest BCUT2D eigenvalue weighted by molar-refractivity contribution is 14.1. The van der Waals surface area contributed by atoms with E-state index in [0.29, 0.717) is 0 Å². The third kappa shape index (κ3) is 3.18. The maximum absolute atomic E-state index is 5.95. The molecule has 2 aromatic rings. The molecule has 0 unspecified atom stereocenters. The van der Waals surface area contributed by atoms with Gasteiger partial charge in [0.1, 0.15) is 0 Å². The number of rotatable bonds is 3. The van der Waals surface area contributed by atoms with Crippen LogP contribution in [0.15, 0.2) is 36.4 Å². The molecule has 0 aromatic heterocycles. The largest absolute Gasteiger partial charge is 0.380 e. The third-order valence-corrected chi connectivity index (χ3v) is 4.16. The second-order valence-electron chi connectivity index (χ2n) is 4.35. The van der Waals surface area contributed by atoms with Gasteiger partial charge in [-0.2, -0.15) is 0 Å². The van der Waals surface area contributed by atoms with Crippen LogP contribution in [0.2, 0.25) is 5.02 Å². The summed E-state index contributed by atoms with van der Waals surface area (Å²) in [6.07, 6.45) is 0. The number of benzene rings is 2. The lowest BCUT2D eigenvalue weighted by molar-refractivity contribution is 1.09. The minimum atomic E-state index is 0.775. The van der Waals surface area contributed by atoms with Crippen molar-refractivity contribution in [3.63, 3.8) is 0 Å². The van der Waals surface area contributed by atoms with Crippen LogP contribution < -0.4 is 5.32 Å². The normalized spacial score (nSPS) is 10.4. The number of hydrogen-bond acceptors (Lipinski definition) is 1. The summed E-state index contributed by atoms with van der Waals surface area (Å²) in [5.74, 6) is 0. The van der Waals surface area contributed by atoms with Crippen molar-refractivity contribution in [3.8, 4) is 0 Å². The molecule has 1 N–H and O–H groups in total. The summed E-state index contributed by atoms with van der Waals surface area (Å²) >= 11 is 8.25. The molecule has 0 heterocycles. The Balaban J connectivity index is 2.16. The highest BCUT2D eigenvalue weighted by atomic mass is 127. The zero-order valence-corrected chi connectivity index (χ0v) is 13.3. The van der Waals surface area contributed by atoms with E-state index in [-0.39, 0.29) is 0 Å². The summed E-state index contributed by atoms with van der Waals surface area (Å²) in [4.78, 5) is 0. The second-order valence-corrected chi connectivity index (χ2v) is 5.95. The molecule has 0 atom stereocenters. The molecule has 2 aromatic carbocycles. The van der Waals surface area contributed by atoms with Gasteiger partial charge in [-0.3, -0.25) is 0 Å². The number of hydrogen-bond donors (Lipinski definition) is 1. The number of anilines is 1. The molecular formula is C15H15ClIN. The lowest BCUT2D eigenvalue weighted by atomic mass is 10.0. The quantitative estimate of drug-likeness (QED) is 0.734. The topological polar surface area (TPSA) is 12.0 Å². The van der Waals surface area contributed by atoms with E-state index in [1.807, 2.05) is 18.2 Å². The molecule has 3 heteroatoms. The van der Waals surface area contributed by atoms with Crippen molar-refractivity contribution in [3.05, 3.63) is 61.7 Å². The maximum Gasteiger partial charge on any atom is 0.0479 e. The van der Waals surface area contributed by atoms with Crippen molar-refractivity contribution in [2.75, 3.05) is 5.32 Å². The molecule has 0 saturated carbocycles. The number of halogens is 2. The first-order chi connectivity index (χ1) is 8.58. The average Bonchev–Trinajstić information content (AvgIpc) is 2.31. The lowest BCUT2D eigenvalue weighted by Crippen LogP contribution is -2.04. The van der Waals surface area contributed by atoms with Crippen LogP contribution in [0.5, 0.6) is 0 Å². The summed E-state index contributed by atoms with van der Waals surface area (Å²) < 4.78 is 1.14. The van der Waals surface area contributed by atoms with Crippen LogP contribution in [-0.4, -0.2) is 0 Å². The molecule has 0 fully saturated rings. The van der Waals surface area contributed by atoms with Crippen LogP contribution in [0.1, 0.15) is 16.7 Å². The summed E-state index contributed by atoms with van der Waals surface area (Å²) in [6, 6.07) is 12.3. The Morgan fingerprint density at radius 1 is 1.11 bits per heavy atom. The van der Waals surface area contributed by atoms with E-state index in [2.05, 4.69) is 60.0 Å². The highest BCUT2D eigenvalue weighted by Crippen LogP contribution is 2.23. The molecule has 0 radical (unpaired) electrons. The Labute approximate surface area is 127 Å². The van der Waals surface area contributed by atoms with Crippen molar-refractivity contribution >= 4 is 39.9 Å². The Bertz CT molecular complexity index is 546. The van der Waals surface area contributed by atoms with Crippen LogP contribution in [0.4, 0.5) is 5.69 Å². The fraction of sp³-hybridized carbons (Fsp3) is 0.200. The van der Waals surface area contributed by atoms with Crippen molar-refractivity contribution in [1.82, 2.24) is 0 Å². The van der Waals surface area contributed by atoms with Gasteiger partial charge in [0, 0.05) is 20.8 Å². The van der Waals surface area contributed by atoms with Gasteiger partial charge >= 0.3 is 0 Å². The SMILES string of the molecule is Cc1cccc(C)c1CNc1ccc(Cl)cc1I. The molecule has 0 aliphatic rings. The van der Waals surface area contributed by atoms with Crippen LogP contribution in [0, 0.1) is 17.4 Å². The van der Waals surface area contributed by atoms with E-state index >= 15 is 0 Å². The third-order valence-electron chi connectivity index (χ3n) is 3.03. The molecule has 0 bridgehead atoms. The van der Waals surface area contributed by atoms with E-state index in [9.17, 15) is 0 Å². The molecular weight excluding hydrogens is 357 g/mol. The Morgan fingerprint density at radius 2 is 1.78 bits per heavy atom. The zero-order valence-electron chi connectivity index (χ0n) is 10.4. The van der Waals surface area contributed by atoms with Gasteiger partial charge in [-0.1, -0.05) is 29.8 Å². The van der Waals surface area contributed by atoms with Crippen LogP contribution in [-0.2, 0) is 6.54 Å². The van der Waals surface area contributed by atoms with Gasteiger partial charge in [0.05, 0.1) is 0 Å². The molecule has 0 aliphatic heterocycles. The van der Waals surface area contributed by atoms with Gasteiger partial charge in [-0.15, -0.1) is 0 Å². The maximum atomic E-state index is 5.95. The predicted octanol–water partition coefficient (Wildman–Crippen LogP) is 5.17. The molecule has 1 nitrogen and oxygen atoms in total. The van der Waals surface area contributed by atoms with Gasteiger partial charge in [0.25, 0.3) is 0 Å². The Morgan fingerprint density at radius 3 is 2.39 bits per heavy atom. The molecule has 18 heavy (non-hydrogen) atoms. The lowest BCUT2D eigenvalue weighted by Gasteiger charge is -2.13. The van der Waals surface area contributed by atoms with E-state index in [1.54, 1.807) is 0 Å². The van der Waals surface area contributed by atoms with Crippen LogP contribution >= 0.6 is 34.2 Å². The minimum Gasteiger partial charge on any atom is -0.380 e. The van der Waals surface area contributed by atoms with Gasteiger partial charge < -0.3 is 5.32 Å². The smallest absolute Gasteiger partial charge is 0.0479 e. The van der Waals surface area contributed by atoms with E-state index in [0.717, 1.165) is 20.8 Å². The first kappa shape index (κ1) is 13.7. The van der Waals surface area contributed by atoms with Gasteiger partial charge in [0.2, 0.25) is 0 Å². The molecule has 94 valence electrons. The van der Waals surface area contributed by atoms with Crippen molar-refractivity contribution in [1.29, 1.82) is 0 Å². The fourth-order valence-corrected chi connectivity index (χ4v) is 3.01. The fourth-order valence-electron chi connectivity index (χ4n) is 1.94. The van der Waals surface area contributed by atoms with E-state index < -0.39 is 0 Å². The van der Waals surface area contributed by atoms with Crippen LogP contribution in [0.3, 0.4) is 0 Å². The molecule has 0 spiro atoms. The highest BCUT2D eigenvalue weighted by Gasteiger charge is 2.04. The van der Waals surface area contributed by atoms with Crippen molar-refractivity contribution in [2.24, 2.45) is 0 Å². The first-order valence-electron chi connectivity index (χ1n) is 5.82. The van der Waals surface area contributed by atoms with Gasteiger partial charge in [-0.25, -0.2) is 0 Å².